The van der Waals surface area contributed by atoms with Gasteiger partial charge in [0.05, 0.1) is 0 Å². The van der Waals surface area contributed by atoms with Gasteiger partial charge < -0.3 is 15.6 Å². The van der Waals surface area contributed by atoms with Crippen molar-refractivity contribution in [1.82, 2.24) is 15.1 Å². The van der Waals surface area contributed by atoms with Gasteiger partial charge >= 0.3 is 0 Å². The van der Waals surface area contributed by atoms with Crippen LogP contribution < -0.4 is 11.1 Å². The first-order valence-corrected chi connectivity index (χ1v) is 9.28. The lowest BCUT2D eigenvalue weighted by Crippen LogP contribution is -2.14. The molecule has 8 nitrogen and oxygen atoms in total. The monoisotopic (exact) mass is 385 g/mol. The van der Waals surface area contributed by atoms with Crippen molar-refractivity contribution in [1.29, 1.82) is 0 Å². The number of carbonyl (C=O) groups is 2. The van der Waals surface area contributed by atoms with Crippen molar-refractivity contribution in [2.45, 2.75) is 32.6 Å². The van der Waals surface area contributed by atoms with Crippen LogP contribution in [0.1, 0.15) is 48.1 Å². The number of nitrogens with one attached hydrogen (secondary N) is 1. The molecule has 0 aliphatic heterocycles. The lowest BCUT2D eigenvalue weighted by molar-refractivity contribution is -0.116. The number of amides is 2. The molecule has 0 saturated heterocycles. The number of hydrogen-bond donors (Lipinski definition) is 2. The summed E-state index contributed by atoms with van der Waals surface area (Å²) in [4.78, 5) is 31.3. The highest BCUT2D eigenvalue weighted by molar-refractivity contribution is 7.14. The fraction of sp³-hybridized carbons (Fsp3) is 0.278. The van der Waals surface area contributed by atoms with E-state index < -0.39 is 5.91 Å². The lowest BCUT2D eigenvalue weighted by Gasteiger charge is -2.04. The summed E-state index contributed by atoms with van der Waals surface area (Å²) < 4.78 is 5.22. The minimum atomic E-state index is -0.633. The van der Waals surface area contributed by atoms with Crippen molar-refractivity contribution in [3.05, 3.63) is 46.8 Å². The topological polar surface area (TPSA) is 124 Å². The molecule has 2 heterocycles. The van der Waals surface area contributed by atoms with E-state index in [-0.39, 0.29) is 18.0 Å². The van der Waals surface area contributed by atoms with E-state index in [2.05, 4.69) is 34.3 Å². The highest BCUT2D eigenvalue weighted by atomic mass is 32.1. The number of benzene rings is 1. The summed E-state index contributed by atoms with van der Waals surface area (Å²) in [5.74, 6) is 0.431. The first kappa shape index (κ1) is 18.7. The summed E-state index contributed by atoms with van der Waals surface area (Å²) >= 11 is 1.14. The van der Waals surface area contributed by atoms with Gasteiger partial charge in [-0.3, -0.25) is 9.59 Å². The fourth-order valence-electron chi connectivity index (χ4n) is 2.34. The average Bonchev–Trinajstić information content (AvgIpc) is 3.29. The van der Waals surface area contributed by atoms with Gasteiger partial charge in [-0.25, -0.2) is 4.98 Å². The second-order valence-corrected chi connectivity index (χ2v) is 7.10. The highest BCUT2D eigenvalue weighted by Crippen LogP contribution is 2.21. The summed E-state index contributed by atoms with van der Waals surface area (Å²) in [5, 5.41) is 8.40. The summed E-state index contributed by atoms with van der Waals surface area (Å²) in [6, 6.07) is 7.99. The molecule has 3 aromatic rings. The number of thiazole rings is 1. The van der Waals surface area contributed by atoms with E-state index in [0.29, 0.717) is 29.2 Å². The predicted octanol–water partition coefficient (Wildman–Crippen LogP) is 2.99. The molecule has 2 aromatic heterocycles. The molecule has 0 radical (unpaired) electrons. The smallest absolute Gasteiger partial charge is 0.268 e. The third-order valence-electron chi connectivity index (χ3n) is 3.87. The van der Waals surface area contributed by atoms with Gasteiger partial charge in [0.15, 0.2) is 5.13 Å². The van der Waals surface area contributed by atoms with Crippen LogP contribution in [0.25, 0.3) is 11.4 Å². The highest BCUT2D eigenvalue weighted by Gasteiger charge is 2.13. The Morgan fingerprint density at radius 1 is 1.22 bits per heavy atom. The normalized spacial score (nSPS) is 10.9. The van der Waals surface area contributed by atoms with Crippen LogP contribution in [0.5, 0.6) is 0 Å². The van der Waals surface area contributed by atoms with E-state index in [1.54, 1.807) is 0 Å². The molecule has 3 rings (SSSR count). The zero-order valence-corrected chi connectivity index (χ0v) is 15.7. The third kappa shape index (κ3) is 4.76. The molecule has 0 spiro atoms. The number of hydrogen-bond acceptors (Lipinski definition) is 7. The molecule has 0 unspecified atom stereocenters. The Kier molecular flexibility index (Phi) is 5.60. The second kappa shape index (κ2) is 8.09. The summed E-state index contributed by atoms with van der Waals surface area (Å²) in [5.41, 5.74) is 7.35. The fourth-order valence-corrected chi connectivity index (χ4v) is 3.05. The van der Waals surface area contributed by atoms with Gasteiger partial charge in [-0.15, -0.1) is 11.3 Å². The van der Waals surface area contributed by atoms with Crippen molar-refractivity contribution in [2.24, 2.45) is 5.73 Å². The van der Waals surface area contributed by atoms with E-state index >= 15 is 0 Å². The largest absolute Gasteiger partial charge is 0.364 e. The van der Waals surface area contributed by atoms with E-state index in [1.807, 2.05) is 24.3 Å². The van der Waals surface area contributed by atoms with Crippen molar-refractivity contribution in [3.63, 3.8) is 0 Å². The van der Waals surface area contributed by atoms with E-state index in [1.165, 1.54) is 10.9 Å². The van der Waals surface area contributed by atoms with Crippen LogP contribution in [0, 0.1) is 0 Å². The second-order valence-electron chi connectivity index (χ2n) is 6.24. The van der Waals surface area contributed by atoms with Gasteiger partial charge in [-0.05, 0) is 11.5 Å². The van der Waals surface area contributed by atoms with Gasteiger partial charge in [0.2, 0.25) is 17.6 Å². The third-order valence-corrected chi connectivity index (χ3v) is 4.63. The van der Waals surface area contributed by atoms with Crippen LogP contribution in [-0.2, 0) is 11.2 Å². The number of primary amides is 1. The minimum Gasteiger partial charge on any atom is -0.364 e. The van der Waals surface area contributed by atoms with Crippen molar-refractivity contribution >= 4 is 28.3 Å². The summed E-state index contributed by atoms with van der Waals surface area (Å²) in [7, 11) is 0. The Balaban J connectivity index is 1.55. The molecule has 0 aliphatic rings. The number of rotatable bonds is 7. The van der Waals surface area contributed by atoms with Crippen molar-refractivity contribution in [3.8, 4) is 11.4 Å². The van der Waals surface area contributed by atoms with Crippen molar-refractivity contribution < 1.29 is 14.1 Å². The van der Waals surface area contributed by atoms with Gasteiger partial charge in [0.1, 0.15) is 5.69 Å². The van der Waals surface area contributed by atoms with E-state index in [9.17, 15) is 9.59 Å². The first-order chi connectivity index (χ1) is 12.9. The Labute approximate surface area is 159 Å². The lowest BCUT2D eigenvalue weighted by atomic mass is 10.0. The predicted molar refractivity (Wildman–Crippen MR) is 101 cm³/mol. The summed E-state index contributed by atoms with van der Waals surface area (Å²) in [6.07, 6.45) is 0.455. The standard InChI is InChI=1S/C18H19N5O3S/c1-10(2)11-3-5-12(6-4-11)17-22-15(26-23-17)8-7-14(24)21-18-20-13(9-27-18)16(19)25/h3-6,9-10H,7-8H2,1-2H3,(H2,19,25)(H,20,21,24). The molecule has 1 aromatic carbocycles. The molecule has 0 bridgehead atoms. The Bertz CT molecular complexity index is 946. The molecule has 0 atom stereocenters. The van der Waals surface area contributed by atoms with Crippen LogP contribution in [0.3, 0.4) is 0 Å². The molecular formula is C18H19N5O3S. The Morgan fingerprint density at radius 2 is 1.96 bits per heavy atom. The zero-order chi connectivity index (χ0) is 19.4. The maximum Gasteiger partial charge on any atom is 0.268 e. The van der Waals surface area contributed by atoms with Gasteiger partial charge in [0, 0.05) is 23.8 Å². The van der Waals surface area contributed by atoms with Crippen LogP contribution >= 0.6 is 11.3 Å². The minimum absolute atomic E-state index is 0.125. The van der Waals surface area contributed by atoms with Crippen LogP contribution in [-0.4, -0.2) is 26.9 Å². The average molecular weight is 385 g/mol. The maximum atomic E-state index is 12.0. The van der Waals surface area contributed by atoms with E-state index in [0.717, 1.165) is 16.9 Å². The quantitative estimate of drug-likeness (QED) is 0.644. The van der Waals surface area contributed by atoms with Crippen molar-refractivity contribution in [2.75, 3.05) is 5.32 Å². The molecule has 27 heavy (non-hydrogen) atoms. The zero-order valence-electron chi connectivity index (χ0n) is 14.9. The number of aryl methyl sites for hydroxylation is 1. The Hall–Kier alpha value is -3.07. The molecule has 9 heteroatoms. The van der Waals surface area contributed by atoms with E-state index in [4.69, 9.17) is 10.3 Å². The van der Waals surface area contributed by atoms with Crippen LogP contribution in [0.15, 0.2) is 34.2 Å². The van der Waals surface area contributed by atoms with Crippen LogP contribution in [0.2, 0.25) is 0 Å². The maximum absolute atomic E-state index is 12.0. The number of aromatic nitrogens is 3. The molecular weight excluding hydrogens is 366 g/mol. The number of nitrogens with zero attached hydrogens (tertiary/aromatic N) is 3. The molecule has 3 N–H and O–H groups in total. The SMILES string of the molecule is CC(C)c1ccc(-c2noc(CCC(=O)Nc3nc(C(N)=O)cs3)n2)cc1. The number of anilines is 1. The molecule has 0 saturated carbocycles. The molecule has 140 valence electrons. The number of carbonyl (C=O) groups excluding carboxylic acids is 2. The van der Waals surface area contributed by atoms with Crippen LogP contribution in [0.4, 0.5) is 5.13 Å². The van der Waals surface area contributed by atoms with Gasteiger partial charge in [0.25, 0.3) is 5.91 Å². The molecule has 2 amide bonds. The number of nitrogens with two attached hydrogens (primary N) is 1. The molecule has 0 fully saturated rings. The van der Waals surface area contributed by atoms with Gasteiger partial charge in [-0.1, -0.05) is 43.3 Å². The molecule has 0 aliphatic carbocycles. The summed E-state index contributed by atoms with van der Waals surface area (Å²) in [6.45, 7) is 4.26. The Morgan fingerprint density at radius 3 is 2.59 bits per heavy atom. The first-order valence-electron chi connectivity index (χ1n) is 8.40. The van der Waals surface area contributed by atoms with Gasteiger partial charge in [-0.2, -0.15) is 4.98 Å².